The fraction of sp³-hybridized carbons (Fsp3) is 0.714. The largest absolute Gasteiger partial charge is 0.393 e. The predicted octanol–water partition coefficient (Wildman–Crippen LogP) is -0.933. The molecule has 12 heavy (non-hydrogen) atoms. The normalized spacial score (nSPS) is 13.2. The molecule has 68 valence electrons. The standard InChI is InChI=1S/C7H14N4O/c1-11-7(9-5-10-11)4-6(12)2-3-8/h5-6,12H,2-4,8H2,1H3. The lowest BCUT2D eigenvalue weighted by Gasteiger charge is -2.07. The molecule has 1 aromatic heterocycles. The van der Waals surface area contributed by atoms with E-state index in [0.29, 0.717) is 19.4 Å². The van der Waals surface area contributed by atoms with Gasteiger partial charge in [0, 0.05) is 13.5 Å². The first kappa shape index (κ1) is 9.15. The molecule has 0 saturated carbocycles. The molecule has 0 saturated heterocycles. The molecule has 0 aliphatic rings. The van der Waals surface area contributed by atoms with Crippen molar-refractivity contribution in [2.24, 2.45) is 12.8 Å². The molecule has 1 aromatic rings. The number of nitrogens with two attached hydrogens (primary N) is 1. The van der Waals surface area contributed by atoms with Gasteiger partial charge in [0.15, 0.2) is 0 Å². The summed E-state index contributed by atoms with van der Waals surface area (Å²) in [6, 6.07) is 0. The fourth-order valence-electron chi connectivity index (χ4n) is 1.01. The molecule has 0 aliphatic carbocycles. The predicted molar refractivity (Wildman–Crippen MR) is 44.4 cm³/mol. The lowest BCUT2D eigenvalue weighted by molar-refractivity contribution is 0.164. The Morgan fingerprint density at radius 2 is 2.50 bits per heavy atom. The van der Waals surface area contributed by atoms with E-state index in [1.807, 2.05) is 0 Å². The molecule has 1 heterocycles. The molecule has 1 rings (SSSR count). The molecule has 3 N–H and O–H groups in total. The Morgan fingerprint density at radius 1 is 1.75 bits per heavy atom. The van der Waals surface area contributed by atoms with Gasteiger partial charge in [0.05, 0.1) is 6.10 Å². The van der Waals surface area contributed by atoms with Gasteiger partial charge in [0.25, 0.3) is 0 Å². The third-order valence-corrected chi connectivity index (χ3v) is 1.72. The van der Waals surface area contributed by atoms with Crippen LogP contribution in [0, 0.1) is 0 Å². The van der Waals surface area contributed by atoms with Crippen molar-refractivity contribution in [3.8, 4) is 0 Å². The summed E-state index contributed by atoms with van der Waals surface area (Å²) in [7, 11) is 1.80. The highest BCUT2D eigenvalue weighted by Crippen LogP contribution is 1.99. The number of aromatic nitrogens is 3. The number of hydrogen-bond donors (Lipinski definition) is 2. The average Bonchev–Trinajstić information content (AvgIpc) is 2.37. The van der Waals surface area contributed by atoms with E-state index < -0.39 is 6.10 Å². The average molecular weight is 170 g/mol. The third kappa shape index (κ3) is 2.28. The number of aliphatic hydroxyl groups excluding tert-OH is 1. The molecule has 1 unspecified atom stereocenters. The van der Waals surface area contributed by atoms with Crippen molar-refractivity contribution in [1.82, 2.24) is 14.8 Å². The second kappa shape index (κ2) is 4.18. The van der Waals surface area contributed by atoms with Crippen LogP contribution in [0.5, 0.6) is 0 Å². The van der Waals surface area contributed by atoms with Crippen molar-refractivity contribution in [2.75, 3.05) is 6.54 Å². The van der Waals surface area contributed by atoms with Crippen LogP contribution in [0.4, 0.5) is 0 Å². The summed E-state index contributed by atoms with van der Waals surface area (Å²) in [6.45, 7) is 0.499. The number of nitrogens with zero attached hydrogens (tertiary/aromatic N) is 3. The lowest BCUT2D eigenvalue weighted by atomic mass is 10.2. The van der Waals surface area contributed by atoms with Crippen LogP contribution in [0.3, 0.4) is 0 Å². The number of hydrogen-bond acceptors (Lipinski definition) is 4. The first-order chi connectivity index (χ1) is 5.74. The molecule has 0 radical (unpaired) electrons. The Kier molecular flexibility index (Phi) is 3.19. The summed E-state index contributed by atoms with van der Waals surface area (Å²) in [6.07, 6.45) is 2.20. The number of aryl methyl sites for hydroxylation is 1. The molecule has 0 amide bonds. The first-order valence-electron chi connectivity index (χ1n) is 3.95. The molecule has 0 bridgehead atoms. The van der Waals surface area contributed by atoms with Crippen molar-refractivity contribution in [1.29, 1.82) is 0 Å². The summed E-state index contributed by atoms with van der Waals surface area (Å²) in [5.41, 5.74) is 5.29. The quantitative estimate of drug-likeness (QED) is 0.612. The minimum atomic E-state index is -0.405. The monoisotopic (exact) mass is 170 g/mol. The molecule has 5 nitrogen and oxygen atoms in total. The summed E-state index contributed by atoms with van der Waals surface area (Å²) in [5, 5.41) is 13.3. The van der Waals surface area contributed by atoms with Crippen LogP contribution in [0.1, 0.15) is 12.2 Å². The van der Waals surface area contributed by atoms with E-state index in [0.717, 1.165) is 5.82 Å². The smallest absolute Gasteiger partial charge is 0.138 e. The van der Waals surface area contributed by atoms with E-state index in [2.05, 4.69) is 10.1 Å². The van der Waals surface area contributed by atoms with E-state index >= 15 is 0 Å². The van der Waals surface area contributed by atoms with Gasteiger partial charge in [-0.1, -0.05) is 0 Å². The third-order valence-electron chi connectivity index (χ3n) is 1.72. The highest BCUT2D eigenvalue weighted by molar-refractivity contribution is 4.86. The van der Waals surface area contributed by atoms with Crippen molar-refractivity contribution >= 4 is 0 Å². The SMILES string of the molecule is Cn1ncnc1CC(O)CCN. The summed E-state index contributed by atoms with van der Waals surface area (Å²) in [5.74, 6) is 0.788. The van der Waals surface area contributed by atoms with Gasteiger partial charge in [-0.25, -0.2) is 4.98 Å². The van der Waals surface area contributed by atoms with Gasteiger partial charge >= 0.3 is 0 Å². The Balaban J connectivity index is 2.46. The van der Waals surface area contributed by atoms with Crippen LogP contribution in [0.25, 0.3) is 0 Å². The van der Waals surface area contributed by atoms with E-state index in [9.17, 15) is 5.11 Å². The van der Waals surface area contributed by atoms with E-state index in [1.165, 1.54) is 6.33 Å². The highest BCUT2D eigenvalue weighted by Gasteiger charge is 2.07. The molecule has 1 atom stereocenters. The molecule has 0 spiro atoms. The molecular formula is C7H14N4O. The van der Waals surface area contributed by atoms with Gasteiger partial charge in [0.1, 0.15) is 12.2 Å². The summed E-state index contributed by atoms with van der Waals surface area (Å²) in [4.78, 5) is 3.99. The zero-order chi connectivity index (χ0) is 8.97. The Morgan fingerprint density at radius 3 is 3.00 bits per heavy atom. The fourth-order valence-corrected chi connectivity index (χ4v) is 1.01. The van der Waals surface area contributed by atoms with E-state index in [4.69, 9.17) is 5.73 Å². The first-order valence-corrected chi connectivity index (χ1v) is 3.95. The minimum absolute atomic E-state index is 0.405. The van der Waals surface area contributed by atoms with Gasteiger partial charge < -0.3 is 10.8 Å². The molecule has 5 heteroatoms. The van der Waals surface area contributed by atoms with Crippen molar-refractivity contribution in [3.63, 3.8) is 0 Å². The molecular weight excluding hydrogens is 156 g/mol. The zero-order valence-electron chi connectivity index (χ0n) is 7.14. The van der Waals surface area contributed by atoms with Crippen LogP contribution in [0.2, 0.25) is 0 Å². The maximum atomic E-state index is 9.38. The Bertz CT molecular complexity index is 235. The summed E-state index contributed by atoms with van der Waals surface area (Å²) < 4.78 is 1.65. The lowest BCUT2D eigenvalue weighted by Crippen LogP contribution is -2.18. The van der Waals surface area contributed by atoms with Crippen LogP contribution >= 0.6 is 0 Å². The van der Waals surface area contributed by atoms with Crippen molar-refractivity contribution in [2.45, 2.75) is 18.9 Å². The second-order valence-corrected chi connectivity index (χ2v) is 2.74. The van der Waals surface area contributed by atoms with Gasteiger partial charge in [-0.05, 0) is 13.0 Å². The van der Waals surface area contributed by atoms with Gasteiger partial charge in [-0.2, -0.15) is 5.10 Å². The minimum Gasteiger partial charge on any atom is -0.393 e. The second-order valence-electron chi connectivity index (χ2n) is 2.74. The van der Waals surface area contributed by atoms with Crippen molar-refractivity contribution < 1.29 is 5.11 Å². The molecule has 0 aliphatic heterocycles. The van der Waals surface area contributed by atoms with Crippen molar-refractivity contribution in [3.05, 3.63) is 12.2 Å². The van der Waals surface area contributed by atoms with Gasteiger partial charge in [-0.3, -0.25) is 4.68 Å². The van der Waals surface area contributed by atoms with Crippen LogP contribution < -0.4 is 5.73 Å². The Labute approximate surface area is 71.2 Å². The zero-order valence-corrected chi connectivity index (χ0v) is 7.14. The number of rotatable bonds is 4. The van der Waals surface area contributed by atoms with Gasteiger partial charge in [0.2, 0.25) is 0 Å². The van der Waals surface area contributed by atoms with Crippen LogP contribution in [-0.2, 0) is 13.5 Å². The molecule has 0 fully saturated rings. The van der Waals surface area contributed by atoms with Crippen LogP contribution in [-0.4, -0.2) is 32.5 Å². The van der Waals surface area contributed by atoms with E-state index in [1.54, 1.807) is 11.7 Å². The highest BCUT2D eigenvalue weighted by atomic mass is 16.3. The maximum Gasteiger partial charge on any atom is 0.138 e. The number of aliphatic hydroxyl groups is 1. The van der Waals surface area contributed by atoms with E-state index in [-0.39, 0.29) is 0 Å². The summed E-state index contributed by atoms with van der Waals surface area (Å²) >= 11 is 0. The maximum absolute atomic E-state index is 9.38. The topological polar surface area (TPSA) is 77.0 Å². The molecule has 0 aromatic carbocycles. The Hall–Kier alpha value is -0.940. The van der Waals surface area contributed by atoms with Crippen LogP contribution in [0.15, 0.2) is 6.33 Å². The van der Waals surface area contributed by atoms with Gasteiger partial charge in [-0.15, -0.1) is 0 Å².